The van der Waals surface area contributed by atoms with E-state index in [0.29, 0.717) is 45.5 Å². The Bertz CT molecular complexity index is 3020. The molecule has 0 unspecified atom stereocenters. The summed E-state index contributed by atoms with van der Waals surface area (Å²) in [5.41, 5.74) is 6.65. The molecule has 1 fully saturated rings. The van der Waals surface area contributed by atoms with Crippen LogP contribution in [-0.2, 0) is 16.0 Å². The van der Waals surface area contributed by atoms with Gasteiger partial charge in [-0.15, -0.1) is 0 Å². The first-order valence-electron chi connectivity index (χ1n) is 22.5. The highest BCUT2D eigenvalue weighted by Gasteiger charge is 2.24. The maximum atomic E-state index is 15.5. The van der Waals surface area contributed by atoms with Gasteiger partial charge < -0.3 is 14.8 Å². The van der Waals surface area contributed by atoms with Gasteiger partial charge in [0.05, 0.1) is 45.5 Å². The van der Waals surface area contributed by atoms with Crippen LogP contribution in [0.25, 0.3) is 32.0 Å². The van der Waals surface area contributed by atoms with Gasteiger partial charge in [0.2, 0.25) is 5.13 Å². The topological polar surface area (TPSA) is 145 Å². The van der Waals surface area contributed by atoms with Gasteiger partial charge in [-0.05, 0) is 123 Å². The number of fused-ring (bicyclic) bond motifs is 4. The molecule has 0 radical (unpaired) electrons. The Balaban J connectivity index is 0.981. The van der Waals surface area contributed by atoms with Crippen LogP contribution in [0.15, 0.2) is 90.0 Å². The molecule has 11 nitrogen and oxygen atoms in total. The standard InChI is InChI=1S/C51H49ClF2N6O5S2/c1-4-9-30-11-13-31(14-12-30)32-15-18-37-33(24-32)17-21-43(45(37)52)65-50(63)35-16-19-38(36(25-35)28-55-58-51-57-47-44(66-51)22-20-41-46(47)60-67-59-41)48(61)56-42-27-39(53)34(26-40(42)54)10-7-5-6-8-23-64-49(62)29(2)3/h15-22,24-28,30-31H,2,4-14,23H2,1,3H3,(H,56,61)(H,57,58)/b55-28+. The lowest BCUT2D eigenvalue weighted by atomic mass is 9.77. The number of carbonyl (C=O) groups excluding carboxylic acids is 3. The Hall–Kier alpha value is -6.16. The molecule has 0 aliphatic heterocycles. The Morgan fingerprint density at radius 2 is 1.75 bits per heavy atom. The third-order valence-corrected chi connectivity index (χ3v) is 14.0. The predicted molar refractivity (Wildman–Crippen MR) is 264 cm³/mol. The Kier molecular flexibility index (Phi) is 15.3. The van der Waals surface area contributed by atoms with E-state index in [-0.39, 0.29) is 46.7 Å². The largest absolute Gasteiger partial charge is 0.462 e. The van der Waals surface area contributed by atoms with Gasteiger partial charge >= 0.3 is 11.9 Å². The van der Waals surface area contributed by atoms with Crippen molar-refractivity contribution < 1.29 is 32.6 Å². The Morgan fingerprint density at radius 1 is 0.925 bits per heavy atom. The van der Waals surface area contributed by atoms with E-state index in [1.807, 2.05) is 24.3 Å². The van der Waals surface area contributed by atoms with Crippen molar-refractivity contribution in [1.82, 2.24) is 13.7 Å². The van der Waals surface area contributed by atoms with Gasteiger partial charge in [0, 0.05) is 28.2 Å². The maximum absolute atomic E-state index is 15.5. The average molecular weight is 964 g/mol. The first-order valence-corrected chi connectivity index (χ1v) is 24.4. The molecule has 8 rings (SSSR count). The quantitative estimate of drug-likeness (QED) is 0.0214. The number of thiazole rings is 1. The first-order chi connectivity index (χ1) is 32.4. The molecule has 0 atom stereocenters. The van der Waals surface area contributed by atoms with E-state index in [1.54, 1.807) is 13.0 Å². The molecule has 2 N–H and O–H groups in total. The molecule has 7 aromatic rings. The molecule has 346 valence electrons. The summed E-state index contributed by atoms with van der Waals surface area (Å²) in [5.74, 6) is -1.94. The monoisotopic (exact) mass is 962 g/mol. The molecule has 1 aliphatic rings. The van der Waals surface area contributed by atoms with Crippen LogP contribution in [0.1, 0.15) is 121 Å². The summed E-state index contributed by atoms with van der Waals surface area (Å²) in [7, 11) is 0. The minimum atomic E-state index is -0.813. The minimum Gasteiger partial charge on any atom is -0.462 e. The summed E-state index contributed by atoms with van der Waals surface area (Å²) in [5, 5.41) is 9.29. The zero-order valence-corrected chi connectivity index (χ0v) is 39.5. The number of aryl methyl sites for hydroxylation is 1. The minimum absolute atomic E-state index is 0.0119. The van der Waals surface area contributed by atoms with E-state index in [1.165, 1.54) is 79.8 Å². The van der Waals surface area contributed by atoms with Crippen LogP contribution in [0.3, 0.4) is 0 Å². The van der Waals surface area contributed by atoms with Crippen molar-refractivity contribution in [3.05, 3.63) is 129 Å². The number of amides is 1. The number of hydrazone groups is 1. The number of benzene rings is 5. The van der Waals surface area contributed by atoms with E-state index >= 15 is 8.78 Å². The molecule has 2 aromatic heterocycles. The summed E-state index contributed by atoms with van der Waals surface area (Å²) in [4.78, 5) is 43.8. The van der Waals surface area contributed by atoms with Gasteiger partial charge in [-0.25, -0.2) is 23.4 Å². The fraction of sp³-hybridized carbons (Fsp3) is 0.314. The summed E-state index contributed by atoms with van der Waals surface area (Å²) in [6.45, 7) is 7.64. The number of carbonyl (C=O) groups is 3. The number of nitrogens with zero attached hydrogens (tertiary/aromatic N) is 4. The second kappa shape index (κ2) is 21.6. The van der Waals surface area contributed by atoms with Crippen molar-refractivity contribution in [1.29, 1.82) is 0 Å². The zero-order valence-electron chi connectivity index (χ0n) is 37.1. The highest BCUT2D eigenvalue weighted by atomic mass is 35.5. The highest BCUT2D eigenvalue weighted by Crippen LogP contribution is 2.40. The molecular formula is C51H49ClF2N6O5S2. The lowest BCUT2D eigenvalue weighted by molar-refractivity contribution is -0.139. The number of unbranched alkanes of at least 4 members (excludes halogenated alkanes) is 3. The molecular weight excluding hydrogens is 914 g/mol. The van der Waals surface area contributed by atoms with Crippen molar-refractivity contribution in [3.63, 3.8) is 0 Å². The van der Waals surface area contributed by atoms with Crippen LogP contribution >= 0.6 is 34.7 Å². The van der Waals surface area contributed by atoms with Gasteiger partial charge in [0.25, 0.3) is 5.91 Å². The van der Waals surface area contributed by atoms with Crippen molar-refractivity contribution in [2.45, 2.75) is 90.4 Å². The number of nitrogens with one attached hydrogen (secondary N) is 2. The van der Waals surface area contributed by atoms with Crippen LogP contribution < -0.4 is 15.5 Å². The van der Waals surface area contributed by atoms with Crippen molar-refractivity contribution in [3.8, 4) is 5.75 Å². The molecule has 67 heavy (non-hydrogen) atoms. The predicted octanol–water partition coefficient (Wildman–Crippen LogP) is 13.6. The molecule has 1 amide bonds. The molecule has 16 heteroatoms. The summed E-state index contributed by atoms with van der Waals surface area (Å²) < 4.78 is 51.2. The molecule has 0 bridgehead atoms. The summed E-state index contributed by atoms with van der Waals surface area (Å²) >= 11 is 9.30. The number of hydrogen-bond acceptors (Lipinski definition) is 12. The summed E-state index contributed by atoms with van der Waals surface area (Å²) in [6, 6.07) is 19.9. The number of rotatable bonds is 18. The van der Waals surface area contributed by atoms with Crippen LogP contribution in [-0.4, -0.2) is 44.4 Å². The van der Waals surface area contributed by atoms with Crippen molar-refractivity contribution >= 4 is 102 Å². The third kappa shape index (κ3) is 11.3. The van der Waals surface area contributed by atoms with E-state index in [0.717, 1.165) is 63.6 Å². The number of esters is 2. The molecule has 1 saturated carbocycles. The lowest BCUT2D eigenvalue weighted by Gasteiger charge is -2.28. The number of anilines is 2. The molecule has 0 spiro atoms. The van der Waals surface area contributed by atoms with Crippen molar-refractivity contribution in [2.75, 3.05) is 17.3 Å². The Morgan fingerprint density at radius 3 is 2.55 bits per heavy atom. The maximum Gasteiger partial charge on any atom is 0.343 e. The van der Waals surface area contributed by atoms with Gasteiger partial charge in [0.1, 0.15) is 33.9 Å². The van der Waals surface area contributed by atoms with E-state index in [4.69, 9.17) is 21.1 Å². The fourth-order valence-electron chi connectivity index (χ4n) is 8.55. The van der Waals surface area contributed by atoms with Crippen LogP contribution in [0, 0.1) is 17.6 Å². The number of hydrogen-bond donors (Lipinski definition) is 2. The Labute approximate surface area is 400 Å². The van der Waals surface area contributed by atoms with Crippen LogP contribution in [0.2, 0.25) is 5.02 Å². The van der Waals surface area contributed by atoms with Gasteiger partial charge in [-0.1, -0.05) is 86.4 Å². The van der Waals surface area contributed by atoms with E-state index < -0.39 is 29.5 Å². The van der Waals surface area contributed by atoms with Gasteiger partial charge in [-0.3, -0.25) is 10.2 Å². The number of aromatic nitrogens is 3. The number of ether oxygens (including phenoxy) is 2. The van der Waals surface area contributed by atoms with Crippen molar-refractivity contribution in [2.24, 2.45) is 11.0 Å². The lowest BCUT2D eigenvalue weighted by Crippen LogP contribution is -2.17. The highest BCUT2D eigenvalue weighted by molar-refractivity contribution is 7.22. The van der Waals surface area contributed by atoms with E-state index in [2.05, 4.69) is 55.2 Å². The molecule has 0 saturated heterocycles. The third-order valence-electron chi connectivity index (χ3n) is 12.1. The second-order valence-electron chi connectivity index (χ2n) is 16.9. The number of halogens is 3. The second-order valence-corrected chi connectivity index (χ2v) is 18.9. The smallest absolute Gasteiger partial charge is 0.343 e. The normalized spacial score (nSPS) is 15.1. The van der Waals surface area contributed by atoms with Crippen LogP contribution in [0.5, 0.6) is 5.75 Å². The molecule has 5 aromatic carbocycles. The molecule has 2 heterocycles. The van der Waals surface area contributed by atoms with E-state index in [9.17, 15) is 14.4 Å². The fourth-order valence-corrected chi connectivity index (χ4v) is 10.2. The zero-order chi connectivity index (χ0) is 47.0. The SMILES string of the molecule is C=C(C)C(=O)OCCCCCCc1cc(F)c(NC(=O)c2ccc(C(=O)Oc3ccc4cc(C5CCC(CCC)CC5)ccc4c3Cl)cc2/C=N/Nc2nc3c(ccc4nsnc43)s2)cc1F. The van der Waals surface area contributed by atoms with Gasteiger partial charge in [0.15, 0.2) is 0 Å². The average Bonchev–Trinajstić information content (AvgIpc) is 3.98. The van der Waals surface area contributed by atoms with Gasteiger partial charge in [-0.2, -0.15) is 13.8 Å². The first kappa shape index (κ1) is 47.3. The van der Waals surface area contributed by atoms with Crippen LogP contribution in [0.4, 0.5) is 19.6 Å². The molecule has 1 aliphatic carbocycles. The summed E-state index contributed by atoms with van der Waals surface area (Å²) in [6.07, 6.45) is 11.6.